The zero-order valence-corrected chi connectivity index (χ0v) is 8.92. The molecule has 14 heavy (non-hydrogen) atoms. The van der Waals surface area contributed by atoms with Crippen LogP contribution in [0.25, 0.3) is 0 Å². The summed E-state index contributed by atoms with van der Waals surface area (Å²) >= 11 is 0. The van der Waals surface area contributed by atoms with Crippen LogP contribution in [0, 0.1) is 17.8 Å². The molecule has 0 fully saturated rings. The molecule has 3 heteroatoms. The Morgan fingerprint density at radius 1 is 1.43 bits per heavy atom. The average Bonchev–Trinajstić information content (AvgIpc) is 2.16. The number of Topliss-reactive ketones (excluding diaryl/α,β-unsaturated/α-hetero) is 1. The fourth-order valence-electron chi connectivity index (χ4n) is 1.15. The summed E-state index contributed by atoms with van der Waals surface area (Å²) in [6.45, 7) is 3.18. The lowest BCUT2D eigenvalue weighted by Crippen LogP contribution is -2.23. The summed E-state index contributed by atoms with van der Waals surface area (Å²) in [5.41, 5.74) is 0. The van der Waals surface area contributed by atoms with Crippen LogP contribution in [-0.4, -0.2) is 18.9 Å². The van der Waals surface area contributed by atoms with E-state index < -0.39 is 11.9 Å². The maximum absolute atomic E-state index is 11.1. The van der Waals surface area contributed by atoms with Crippen molar-refractivity contribution in [3.8, 4) is 11.8 Å². The number of methoxy groups -OCH3 is 1. The van der Waals surface area contributed by atoms with Crippen molar-refractivity contribution in [2.75, 3.05) is 7.11 Å². The molecule has 0 aromatic carbocycles. The van der Waals surface area contributed by atoms with E-state index in [1.54, 1.807) is 6.92 Å². The van der Waals surface area contributed by atoms with Gasteiger partial charge in [-0.2, -0.15) is 0 Å². The van der Waals surface area contributed by atoms with Crippen LogP contribution in [0.15, 0.2) is 0 Å². The second-order valence-electron chi connectivity index (χ2n) is 3.01. The van der Waals surface area contributed by atoms with Gasteiger partial charge in [0, 0.05) is 6.42 Å². The molecular formula is C11H16O3. The van der Waals surface area contributed by atoms with Gasteiger partial charge < -0.3 is 4.74 Å². The minimum absolute atomic E-state index is 0.138. The van der Waals surface area contributed by atoms with E-state index in [-0.39, 0.29) is 5.78 Å². The van der Waals surface area contributed by atoms with Crippen molar-refractivity contribution in [3.63, 3.8) is 0 Å². The quantitative estimate of drug-likeness (QED) is 0.290. The molecule has 0 saturated heterocycles. The van der Waals surface area contributed by atoms with Crippen LogP contribution in [0.4, 0.5) is 0 Å². The second kappa shape index (κ2) is 7.14. The molecule has 0 heterocycles. The Bertz CT molecular complexity index is 257. The van der Waals surface area contributed by atoms with E-state index in [1.807, 2.05) is 0 Å². The number of rotatable bonds is 5. The average molecular weight is 196 g/mol. The minimum Gasteiger partial charge on any atom is -0.468 e. The predicted octanol–water partition coefficient (Wildman–Crippen LogP) is 1.56. The Hall–Kier alpha value is -1.30. The van der Waals surface area contributed by atoms with Gasteiger partial charge in [-0.15, -0.1) is 11.8 Å². The molecule has 1 atom stereocenters. The highest BCUT2D eigenvalue weighted by Gasteiger charge is 2.22. The molecule has 0 spiro atoms. The molecule has 0 saturated carbocycles. The van der Waals surface area contributed by atoms with E-state index in [4.69, 9.17) is 0 Å². The minimum atomic E-state index is -0.612. The molecule has 0 rings (SSSR count). The molecule has 0 amide bonds. The van der Waals surface area contributed by atoms with Crippen LogP contribution in [0.5, 0.6) is 0 Å². The van der Waals surface area contributed by atoms with Crippen molar-refractivity contribution in [2.24, 2.45) is 5.92 Å². The highest BCUT2D eigenvalue weighted by Crippen LogP contribution is 2.11. The number of hydrogen-bond donors (Lipinski definition) is 0. The summed E-state index contributed by atoms with van der Waals surface area (Å²) < 4.78 is 4.53. The van der Waals surface area contributed by atoms with Gasteiger partial charge in [-0.3, -0.25) is 9.59 Å². The fraction of sp³-hybridized carbons (Fsp3) is 0.636. The Balaban J connectivity index is 4.02. The first kappa shape index (κ1) is 12.7. The third-order valence-corrected chi connectivity index (χ3v) is 1.95. The van der Waals surface area contributed by atoms with E-state index in [9.17, 15) is 9.59 Å². The van der Waals surface area contributed by atoms with Crippen LogP contribution in [0.3, 0.4) is 0 Å². The van der Waals surface area contributed by atoms with Gasteiger partial charge in [0.2, 0.25) is 0 Å². The van der Waals surface area contributed by atoms with Gasteiger partial charge >= 0.3 is 5.97 Å². The van der Waals surface area contributed by atoms with Crippen molar-refractivity contribution in [3.05, 3.63) is 0 Å². The zero-order chi connectivity index (χ0) is 11.0. The summed E-state index contributed by atoms with van der Waals surface area (Å²) in [6, 6.07) is 0. The summed E-state index contributed by atoms with van der Waals surface area (Å²) in [7, 11) is 1.30. The van der Waals surface area contributed by atoms with Crippen LogP contribution >= 0.6 is 0 Å². The normalized spacial score (nSPS) is 11.1. The monoisotopic (exact) mass is 196 g/mol. The number of unbranched alkanes of at least 4 members (excludes halogenated alkanes) is 1. The van der Waals surface area contributed by atoms with E-state index >= 15 is 0 Å². The number of hydrogen-bond acceptors (Lipinski definition) is 3. The molecule has 1 unspecified atom stereocenters. The Morgan fingerprint density at radius 2 is 2.07 bits per heavy atom. The Labute approximate surface area is 84.8 Å². The van der Waals surface area contributed by atoms with E-state index in [0.29, 0.717) is 6.42 Å². The molecule has 0 aromatic heterocycles. The summed E-state index contributed by atoms with van der Waals surface area (Å²) in [5, 5.41) is 0. The van der Waals surface area contributed by atoms with E-state index in [0.717, 1.165) is 12.8 Å². The largest absolute Gasteiger partial charge is 0.468 e. The SMILES string of the molecule is CC#CCCCC(C(C)=O)C(=O)OC. The van der Waals surface area contributed by atoms with Crippen molar-refractivity contribution >= 4 is 11.8 Å². The lowest BCUT2D eigenvalue weighted by molar-refractivity contribution is -0.149. The van der Waals surface area contributed by atoms with Gasteiger partial charge in [-0.05, 0) is 26.7 Å². The molecule has 0 N–H and O–H groups in total. The van der Waals surface area contributed by atoms with Crippen LogP contribution in [0.2, 0.25) is 0 Å². The molecule has 0 aliphatic heterocycles. The molecule has 0 aromatic rings. The van der Waals surface area contributed by atoms with E-state index in [2.05, 4.69) is 16.6 Å². The van der Waals surface area contributed by atoms with Gasteiger partial charge in [0.15, 0.2) is 0 Å². The Morgan fingerprint density at radius 3 is 2.50 bits per heavy atom. The first-order chi connectivity index (χ1) is 6.63. The predicted molar refractivity (Wildman–Crippen MR) is 53.5 cm³/mol. The van der Waals surface area contributed by atoms with Crippen molar-refractivity contribution in [1.29, 1.82) is 0 Å². The van der Waals surface area contributed by atoms with Gasteiger partial charge in [-0.25, -0.2) is 0 Å². The number of ketones is 1. The van der Waals surface area contributed by atoms with Gasteiger partial charge in [0.1, 0.15) is 11.7 Å². The molecule has 0 radical (unpaired) electrons. The highest BCUT2D eigenvalue weighted by molar-refractivity contribution is 5.97. The summed E-state index contributed by atoms with van der Waals surface area (Å²) in [5.74, 6) is 4.46. The van der Waals surface area contributed by atoms with Crippen LogP contribution in [-0.2, 0) is 14.3 Å². The van der Waals surface area contributed by atoms with Gasteiger partial charge in [-0.1, -0.05) is 0 Å². The zero-order valence-electron chi connectivity index (χ0n) is 8.92. The molecule has 0 aliphatic carbocycles. The lowest BCUT2D eigenvalue weighted by atomic mass is 9.98. The fourth-order valence-corrected chi connectivity index (χ4v) is 1.15. The van der Waals surface area contributed by atoms with Crippen LogP contribution < -0.4 is 0 Å². The topological polar surface area (TPSA) is 43.4 Å². The molecule has 0 aliphatic rings. The third kappa shape index (κ3) is 4.66. The third-order valence-electron chi connectivity index (χ3n) is 1.95. The summed E-state index contributed by atoms with van der Waals surface area (Å²) in [6.07, 6.45) is 1.99. The molecular weight excluding hydrogens is 180 g/mol. The molecule has 78 valence electrons. The summed E-state index contributed by atoms with van der Waals surface area (Å²) in [4.78, 5) is 22.2. The van der Waals surface area contributed by atoms with Crippen molar-refractivity contribution in [1.82, 2.24) is 0 Å². The van der Waals surface area contributed by atoms with Crippen LogP contribution in [0.1, 0.15) is 33.1 Å². The first-order valence-corrected chi connectivity index (χ1v) is 4.61. The Kier molecular flexibility index (Phi) is 6.47. The molecule has 3 nitrogen and oxygen atoms in total. The van der Waals surface area contributed by atoms with Gasteiger partial charge in [0.05, 0.1) is 7.11 Å². The smallest absolute Gasteiger partial charge is 0.316 e. The lowest BCUT2D eigenvalue weighted by Gasteiger charge is -2.09. The van der Waals surface area contributed by atoms with E-state index in [1.165, 1.54) is 14.0 Å². The number of carbonyl (C=O) groups excluding carboxylic acids is 2. The number of esters is 1. The van der Waals surface area contributed by atoms with Crippen molar-refractivity contribution in [2.45, 2.75) is 33.1 Å². The first-order valence-electron chi connectivity index (χ1n) is 4.61. The van der Waals surface area contributed by atoms with Gasteiger partial charge in [0.25, 0.3) is 0 Å². The second-order valence-corrected chi connectivity index (χ2v) is 3.01. The molecule has 0 bridgehead atoms. The highest BCUT2D eigenvalue weighted by atomic mass is 16.5. The maximum Gasteiger partial charge on any atom is 0.316 e. The number of ether oxygens (including phenoxy) is 1. The van der Waals surface area contributed by atoms with Crippen molar-refractivity contribution < 1.29 is 14.3 Å². The number of carbonyl (C=O) groups is 2. The standard InChI is InChI=1S/C11H16O3/c1-4-5-6-7-8-10(9(2)12)11(13)14-3/h10H,6-8H2,1-3H3. The maximum atomic E-state index is 11.1.